The predicted octanol–water partition coefficient (Wildman–Crippen LogP) is 1.86. The number of aromatic nitrogens is 2. The molecule has 1 fully saturated rings. The summed E-state index contributed by atoms with van der Waals surface area (Å²) in [6.45, 7) is 2.70. The van der Waals surface area contributed by atoms with Gasteiger partial charge in [-0.2, -0.15) is 0 Å². The van der Waals surface area contributed by atoms with E-state index in [4.69, 9.17) is 0 Å². The monoisotopic (exact) mass is 401 g/mol. The number of nitrogens with one attached hydrogen (secondary N) is 1. The second kappa shape index (κ2) is 8.07. The molecule has 0 aliphatic carbocycles. The SMILES string of the molecule is O=C(CN1CCN(C(=O)Cc2cn3ccsc3n2)CC1)Nc1ccc(F)cc1. The van der Waals surface area contributed by atoms with Crippen molar-refractivity contribution >= 4 is 33.8 Å². The molecule has 2 amide bonds. The molecule has 0 unspecified atom stereocenters. The topological polar surface area (TPSA) is 70.0 Å². The van der Waals surface area contributed by atoms with Crippen LogP contribution in [0, 0.1) is 5.82 Å². The summed E-state index contributed by atoms with van der Waals surface area (Å²) in [5.41, 5.74) is 1.35. The van der Waals surface area contributed by atoms with Crippen LogP contribution in [0.25, 0.3) is 4.96 Å². The first-order chi connectivity index (χ1) is 13.6. The van der Waals surface area contributed by atoms with Crippen molar-refractivity contribution in [2.24, 2.45) is 0 Å². The molecule has 2 aromatic heterocycles. The van der Waals surface area contributed by atoms with Crippen LogP contribution in [0.15, 0.2) is 42.0 Å². The van der Waals surface area contributed by atoms with Crippen molar-refractivity contribution in [3.8, 4) is 0 Å². The van der Waals surface area contributed by atoms with Gasteiger partial charge in [-0.05, 0) is 24.3 Å². The average Bonchev–Trinajstić information content (AvgIpc) is 3.26. The van der Waals surface area contributed by atoms with E-state index >= 15 is 0 Å². The van der Waals surface area contributed by atoms with Gasteiger partial charge in [-0.1, -0.05) is 0 Å². The highest BCUT2D eigenvalue weighted by Gasteiger charge is 2.23. The van der Waals surface area contributed by atoms with Crippen molar-refractivity contribution in [2.75, 3.05) is 38.0 Å². The van der Waals surface area contributed by atoms with E-state index in [0.717, 1.165) is 10.7 Å². The van der Waals surface area contributed by atoms with E-state index in [1.165, 1.54) is 24.3 Å². The number of hydrogen-bond acceptors (Lipinski definition) is 5. The number of thiazole rings is 1. The fraction of sp³-hybridized carbons (Fsp3) is 0.316. The van der Waals surface area contributed by atoms with Crippen molar-refractivity contribution in [2.45, 2.75) is 6.42 Å². The summed E-state index contributed by atoms with van der Waals surface area (Å²) in [6, 6.07) is 5.68. The summed E-state index contributed by atoms with van der Waals surface area (Å²) in [5.74, 6) is -0.431. The van der Waals surface area contributed by atoms with Gasteiger partial charge in [0, 0.05) is 49.6 Å². The normalized spacial score (nSPS) is 15.1. The molecule has 1 aliphatic rings. The number of anilines is 1. The molecule has 0 atom stereocenters. The summed E-state index contributed by atoms with van der Waals surface area (Å²) >= 11 is 1.54. The lowest BCUT2D eigenvalue weighted by Gasteiger charge is -2.34. The predicted molar refractivity (Wildman–Crippen MR) is 105 cm³/mol. The van der Waals surface area contributed by atoms with E-state index in [1.54, 1.807) is 11.3 Å². The van der Waals surface area contributed by atoms with Gasteiger partial charge in [-0.15, -0.1) is 11.3 Å². The zero-order valence-electron chi connectivity index (χ0n) is 15.2. The number of nitrogens with zero attached hydrogens (tertiary/aromatic N) is 4. The highest BCUT2D eigenvalue weighted by molar-refractivity contribution is 7.15. The number of benzene rings is 1. The van der Waals surface area contributed by atoms with Crippen LogP contribution in [-0.2, 0) is 16.0 Å². The van der Waals surface area contributed by atoms with Crippen molar-refractivity contribution in [1.82, 2.24) is 19.2 Å². The van der Waals surface area contributed by atoms with Gasteiger partial charge in [-0.3, -0.25) is 18.9 Å². The van der Waals surface area contributed by atoms with E-state index < -0.39 is 0 Å². The molecule has 7 nitrogen and oxygen atoms in total. The molecule has 0 spiro atoms. The maximum absolute atomic E-state index is 12.9. The molecule has 3 aromatic rings. The smallest absolute Gasteiger partial charge is 0.238 e. The van der Waals surface area contributed by atoms with Crippen LogP contribution >= 0.6 is 11.3 Å². The Balaban J connectivity index is 1.23. The van der Waals surface area contributed by atoms with Crippen molar-refractivity contribution in [3.63, 3.8) is 0 Å². The summed E-state index contributed by atoms with van der Waals surface area (Å²) in [4.78, 5) is 33.8. The Kier molecular flexibility index (Phi) is 5.36. The Labute approximate surface area is 165 Å². The second-order valence-electron chi connectivity index (χ2n) is 6.71. The molecule has 0 bridgehead atoms. The Morgan fingerprint density at radius 2 is 1.89 bits per heavy atom. The van der Waals surface area contributed by atoms with E-state index in [-0.39, 0.29) is 24.2 Å². The van der Waals surface area contributed by atoms with Gasteiger partial charge >= 0.3 is 0 Å². The van der Waals surface area contributed by atoms with Gasteiger partial charge < -0.3 is 10.2 Å². The van der Waals surface area contributed by atoms with Crippen LogP contribution in [0.3, 0.4) is 0 Å². The Morgan fingerprint density at radius 3 is 2.61 bits per heavy atom. The number of rotatable bonds is 5. The molecule has 0 saturated carbocycles. The van der Waals surface area contributed by atoms with E-state index in [1.807, 2.05) is 32.0 Å². The summed E-state index contributed by atoms with van der Waals surface area (Å²) in [7, 11) is 0. The Morgan fingerprint density at radius 1 is 1.14 bits per heavy atom. The maximum atomic E-state index is 12.9. The molecule has 0 radical (unpaired) electrons. The lowest BCUT2D eigenvalue weighted by Crippen LogP contribution is -2.50. The summed E-state index contributed by atoms with van der Waals surface area (Å²) in [6.07, 6.45) is 4.11. The molecular weight excluding hydrogens is 381 g/mol. The number of halogens is 1. The molecular formula is C19H20FN5O2S. The average molecular weight is 401 g/mol. The lowest BCUT2D eigenvalue weighted by molar-refractivity contribution is -0.132. The minimum atomic E-state index is -0.339. The third kappa shape index (κ3) is 4.37. The zero-order valence-corrected chi connectivity index (χ0v) is 16.0. The highest BCUT2D eigenvalue weighted by atomic mass is 32.1. The lowest BCUT2D eigenvalue weighted by atomic mass is 10.2. The van der Waals surface area contributed by atoms with E-state index in [9.17, 15) is 14.0 Å². The molecule has 146 valence electrons. The van der Waals surface area contributed by atoms with Crippen LogP contribution in [0.4, 0.5) is 10.1 Å². The van der Waals surface area contributed by atoms with Gasteiger partial charge in [0.1, 0.15) is 5.82 Å². The Bertz CT molecular complexity index is 947. The standard InChI is InChI=1S/C19H20FN5O2S/c20-14-1-3-15(4-2-14)21-17(26)13-23-5-7-24(8-6-23)18(27)11-16-12-25-9-10-28-19(25)22-16/h1-4,9-10,12H,5-8,11,13H2,(H,21,26). The number of fused-ring (bicyclic) bond motifs is 1. The van der Waals surface area contributed by atoms with Crippen LogP contribution in [-0.4, -0.2) is 63.7 Å². The molecule has 1 N–H and O–H groups in total. The van der Waals surface area contributed by atoms with Gasteiger partial charge in [0.05, 0.1) is 18.7 Å². The number of amides is 2. The molecule has 3 heterocycles. The van der Waals surface area contributed by atoms with E-state index in [2.05, 4.69) is 10.3 Å². The van der Waals surface area contributed by atoms with Crippen LogP contribution in [0.2, 0.25) is 0 Å². The number of piperazine rings is 1. The number of imidazole rings is 1. The first kappa shape index (κ1) is 18.6. The zero-order chi connectivity index (χ0) is 19.5. The van der Waals surface area contributed by atoms with Gasteiger partial charge in [0.25, 0.3) is 0 Å². The molecule has 1 aliphatic heterocycles. The van der Waals surface area contributed by atoms with Crippen molar-refractivity contribution in [3.05, 3.63) is 53.6 Å². The maximum Gasteiger partial charge on any atom is 0.238 e. The van der Waals surface area contributed by atoms with Crippen molar-refractivity contribution in [1.29, 1.82) is 0 Å². The van der Waals surface area contributed by atoms with Gasteiger partial charge in [0.15, 0.2) is 4.96 Å². The largest absolute Gasteiger partial charge is 0.340 e. The Hall–Kier alpha value is -2.78. The molecule has 4 rings (SSSR count). The minimum Gasteiger partial charge on any atom is -0.340 e. The molecule has 1 aromatic carbocycles. The summed E-state index contributed by atoms with van der Waals surface area (Å²) in [5, 5.41) is 4.71. The van der Waals surface area contributed by atoms with Gasteiger partial charge in [-0.25, -0.2) is 9.37 Å². The fourth-order valence-corrected chi connectivity index (χ4v) is 3.94. The van der Waals surface area contributed by atoms with Crippen LogP contribution in [0.5, 0.6) is 0 Å². The minimum absolute atomic E-state index is 0.0566. The van der Waals surface area contributed by atoms with Crippen molar-refractivity contribution < 1.29 is 14.0 Å². The second-order valence-corrected chi connectivity index (χ2v) is 7.59. The van der Waals surface area contributed by atoms with E-state index in [0.29, 0.717) is 38.3 Å². The quantitative estimate of drug-likeness (QED) is 0.709. The molecule has 28 heavy (non-hydrogen) atoms. The first-order valence-corrected chi connectivity index (χ1v) is 9.91. The number of carbonyl (C=O) groups is 2. The first-order valence-electron chi connectivity index (χ1n) is 9.03. The molecule has 9 heteroatoms. The fourth-order valence-electron chi connectivity index (χ4n) is 3.22. The third-order valence-corrected chi connectivity index (χ3v) is 5.47. The number of hydrogen-bond donors (Lipinski definition) is 1. The van der Waals surface area contributed by atoms with Crippen LogP contribution < -0.4 is 5.32 Å². The molecule has 1 saturated heterocycles. The number of carbonyl (C=O) groups excluding carboxylic acids is 2. The van der Waals surface area contributed by atoms with Crippen LogP contribution in [0.1, 0.15) is 5.69 Å². The third-order valence-electron chi connectivity index (χ3n) is 4.70. The summed E-state index contributed by atoms with van der Waals surface area (Å²) < 4.78 is 14.8. The van der Waals surface area contributed by atoms with Gasteiger partial charge in [0.2, 0.25) is 11.8 Å². The highest BCUT2D eigenvalue weighted by Crippen LogP contribution is 2.13.